The SMILES string of the molecule is COC(=O)c1nn(C)c2ccc3c(c12)CCC3=O. The smallest absolute Gasteiger partial charge is 0.359 e. The summed E-state index contributed by atoms with van der Waals surface area (Å²) in [5, 5.41) is 4.95. The van der Waals surface area contributed by atoms with E-state index in [9.17, 15) is 9.59 Å². The molecule has 0 saturated carbocycles. The van der Waals surface area contributed by atoms with Crippen molar-refractivity contribution in [2.45, 2.75) is 12.8 Å². The van der Waals surface area contributed by atoms with Gasteiger partial charge in [-0.25, -0.2) is 4.79 Å². The number of ketones is 1. The number of hydrogen-bond acceptors (Lipinski definition) is 4. The van der Waals surface area contributed by atoms with Crippen LogP contribution >= 0.6 is 0 Å². The summed E-state index contributed by atoms with van der Waals surface area (Å²) in [6.45, 7) is 0. The number of benzene rings is 1. The van der Waals surface area contributed by atoms with Crippen LogP contribution in [0.1, 0.15) is 32.8 Å². The maximum atomic E-state index is 11.7. The zero-order valence-electron chi connectivity index (χ0n) is 10.2. The van der Waals surface area contributed by atoms with E-state index in [0.29, 0.717) is 24.1 Å². The van der Waals surface area contributed by atoms with Gasteiger partial charge in [0.05, 0.1) is 12.6 Å². The number of aryl methyl sites for hydroxylation is 2. The van der Waals surface area contributed by atoms with Crippen LogP contribution < -0.4 is 0 Å². The maximum absolute atomic E-state index is 11.7. The number of fused-ring (bicyclic) bond motifs is 3. The number of rotatable bonds is 1. The molecule has 1 aromatic carbocycles. The number of aromatic nitrogens is 2. The Balaban J connectivity index is 2.39. The highest BCUT2D eigenvalue weighted by Gasteiger charge is 2.27. The first-order valence-corrected chi connectivity index (χ1v) is 5.73. The highest BCUT2D eigenvalue weighted by Crippen LogP contribution is 2.32. The minimum atomic E-state index is -0.464. The molecule has 0 atom stereocenters. The van der Waals surface area contributed by atoms with Gasteiger partial charge in [0.15, 0.2) is 11.5 Å². The van der Waals surface area contributed by atoms with Crippen molar-refractivity contribution in [2.75, 3.05) is 7.11 Å². The Morgan fingerprint density at radius 3 is 2.89 bits per heavy atom. The molecule has 1 heterocycles. The third kappa shape index (κ3) is 1.30. The molecule has 0 fully saturated rings. The van der Waals surface area contributed by atoms with Gasteiger partial charge in [-0.3, -0.25) is 9.48 Å². The van der Waals surface area contributed by atoms with Gasteiger partial charge in [-0.15, -0.1) is 0 Å². The molecule has 0 saturated heterocycles. The van der Waals surface area contributed by atoms with E-state index >= 15 is 0 Å². The maximum Gasteiger partial charge on any atom is 0.359 e. The fraction of sp³-hybridized carbons (Fsp3) is 0.308. The lowest BCUT2D eigenvalue weighted by molar-refractivity contribution is 0.0595. The second-order valence-corrected chi connectivity index (χ2v) is 4.37. The molecule has 0 N–H and O–H groups in total. The van der Waals surface area contributed by atoms with Crippen LogP contribution in [-0.4, -0.2) is 28.6 Å². The van der Waals surface area contributed by atoms with Gasteiger partial charge in [0.25, 0.3) is 0 Å². The summed E-state index contributed by atoms with van der Waals surface area (Å²) in [7, 11) is 3.11. The van der Waals surface area contributed by atoms with Gasteiger partial charge in [0.2, 0.25) is 0 Å². The Morgan fingerprint density at radius 2 is 2.17 bits per heavy atom. The van der Waals surface area contributed by atoms with Crippen molar-refractivity contribution in [1.29, 1.82) is 0 Å². The fourth-order valence-corrected chi connectivity index (χ4v) is 2.56. The third-order valence-corrected chi connectivity index (χ3v) is 3.41. The summed E-state index contributed by atoms with van der Waals surface area (Å²) in [6.07, 6.45) is 1.17. The molecular weight excluding hydrogens is 232 g/mol. The molecule has 2 aromatic rings. The zero-order chi connectivity index (χ0) is 12.9. The van der Waals surface area contributed by atoms with Crippen LogP contribution in [-0.2, 0) is 18.2 Å². The lowest BCUT2D eigenvalue weighted by atomic mass is 10.0. The second-order valence-electron chi connectivity index (χ2n) is 4.37. The first kappa shape index (κ1) is 11.0. The minimum absolute atomic E-state index is 0.131. The van der Waals surface area contributed by atoms with Crippen LogP contribution in [0.25, 0.3) is 10.9 Å². The van der Waals surface area contributed by atoms with E-state index in [-0.39, 0.29) is 5.78 Å². The number of Topliss-reactive ketones (excluding diaryl/α,β-unsaturated/α-hetero) is 1. The van der Waals surface area contributed by atoms with Crippen molar-refractivity contribution < 1.29 is 14.3 Å². The van der Waals surface area contributed by atoms with Crippen LogP contribution in [0.15, 0.2) is 12.1 Å². The average Bonchev–Trinajstić information content (AvgIpc) is 2.91. The van der Waals surface area contributed by atoms with Gasteiger partial charge in [-0.1, -0.05) is 0 Å². The normalized spacial score (nSPS) is 14.0. The third-order valence-electron chi connectivity index (χ3n) is 3.41. The van der Waals surface area contributed by atoms with Crippen LogP contribution in [0.3, 0.4) is 0 Å². The molecule has 18 heavy (non-hydrogen) atoms. The minimum Gasteiger partial charge on any atom is -0.464 e. The highest BCUT2D eigenvalue weighted by molar-refractivity contribution is 6.10. The molecule has 5 nitrogen and oxygen atoms in total. The molecule has 3 rings (SSSR count). The standard InChI is InChI=1S/C13H12N2O3/c1-15-9-5-3-7-8(4-6-10(7)16)11(9)12(14-15)13(17)18-2/h3,5H,4,6H2,1-2H3. The summed E-state index contributed by atoms with van der Waals surface area (Å²) >= 11 is 0. The molecule has 1 aliphatic carbocycles. The van der Waals surface area contributed by atoms with Crippen LogP contribution in [0.4, 0.5) is 0 Å². The number of carbonyl (C=O) groups excluding carboxylic acids is 2. The molecule has 1 aromatic heterocycles. The summed E-state index contributed by atoms with van der Waals surface area (Å²) in [5.74, 6) is -0.333. The molecule has 92 valence electrons. The van der Waals surface area contributed by atoms with Crippen molar-refractivity contribution in [1.82, 2.24) is 9.78 Å². The average molecular weight is 244 g/mol. The Labute approximate surface area is 103 Å². The molecule has 5 heteroatoms. The molecule has 0 spiro atoms. The molecular formula is C13H12N2O3. The predicted molar refractivity (Wildman–Crippen MR) is 64.7 cm³/mol. The van der Waals surface area contributed by atoms with Crippen molar-refractivity contribution >= 4 is 22.7 Å². The summed E-state index contributed by atoms with van der Waals surface area (Å²) < 4.78 is 6.39. The van der Waals surface area contributed by atoms with E-state index in [1.165, 1.54) is 7.11 Å². The molecule has 0 bridgehead atoms. The molecule has 0 radical (unpaired) electrons. The number of hydrogen-bond donors (Lipinski definition) is 0. The van der Waals surface area contributed by atoms with Gasteiger partial charge in [-0.05, 0) is 24.1 Å². The Bertz CT molecular complexity index is 685. The first-order valence-electron chi connectivity index (χ1n) is 5.73. The molecule has 0 amide bonds. The van der Waals surface area contributed by atoms with Crippen LogP contribution in [0.2, 0.25) is 0 Å². The van der Waals surface area contributed by atoms with E-state index in [4.69, 9.17) is 4.74 Å². The van der Waals surface area contributed by atoms with Crippen LogP contribution in [0.5, 0.6) is 0 Å². The first-order chi connectivity index (χ1) is 8.63. The lowest BCUT2D eigenvalue weighted by Gasteiger charge is -2.01. The predicted octanol–water partition coefficient (Wildman–Crippen LogP) is 1.49. The number of carbonyl (C=O) groups is 2. The largest absolute Gasteiger partial charge is 0.464 e. The summed E-state index contributed by atoms with van der Waals surface area (Å²) in [6, 6.07) is 3.65. The van der Waals surface area contributed by atoms with Gasteiger partial charge in [0, 0.05) is 24.4 Å². The summed E-state index contributed by atoms with van der Waals surface area (Å²) in [4.78, 5) is 23.5. The topological polar surface area (TPSA) is 61.2 Å². The van der Waals surface area contributed by atoms with Crippen molar-refractivity contribution in [3.8, 4) is 0 Å². The number of methoxy groups -OCH3 is 1. The monoisotopic (exact) mass is 244 g/mol. The van der Waals surface area contributed by atoms with E-state index < -0.39 is 5.97 Å². The van der Waals surface area contributed by atoms with Crippen LogP contribution in [0, 0.1) is 0 Å². The van der Waals surface area contributed by atoms with Gasteiger partial charge < -0.3 is 4.74 Å². The lowest BCUT2D eigenvalue weighted by Crippen LogP contribution is -2.04. The zero-order valence-corrected chi connectivity index (χ0v) is 10.2. The van der Waals surface area contributed by atoms with E-state index in [1.807, 2.05) is 12.1 Å². The Kier molecular flexibility index (Phi) is 2.23. The number of nitrogens with zero attached hydrogens (tertiary/aromatic N) is 2. The van der Waals surface area contributed by atoms with Crippen molar-refractivity contribution in [3.63, 3.8) is 0 Å². The highest BCUT2D eigenvalue weighted by atomic mass is 16.5. The Hall–Kier alpha value is -2.17. The van der Waals surface area contributed by atoms with Gasteiger partial charge >= 0.3 is 5.97 Å². The van der Waals surface area contributed by atoms with E-state index in [0.717, 1.165) is 16.5 Å². The van der Waals surface area contributed by atoms with Crippen molar-refractivity contribution in [2.24, 2.45) is 7.05 Å². The number of esters is 1. The molecule has 0 aliphatic heterocycles. The quantitative estimate of drug-likeness (QED) is 0.713. The molecule has 1 aliphatic rings. The second kappa shape index (κ2) is 3.66. The van der Waals surface area contributed by atoms with E-state index in [1.54, 1.807) is 11.7 Å². The van der Waals surface area contributed by atoms with Gasteiger partial charge in [-0.2, -0.15) is 5.10 Å². The summed E-state index contributed by atoms with van der Waals surface area (Å²) in [5.41, 5.74) is 2.78. The van der Waals surface area contributed by atoms with Gasteiger partial charge in [0.1, 0.15) is 0 Å². The number of ether oxygens (including phenoxy) is 1. The molecule has 0 unspecified atom stereocenters. The fourth-order valence-electron chi connectivity index (χ4n) is 2.56. The Morgan fingerprint density at radius 1 is 1.39 bits per heavy atom. The van der Waals surface area contributed by atoms with Crippen molar-refractivity contribution in [3.05, 3.63) is 29.0 Å². The van der Waals surface area contributed by atoms with E-state index in [2.05, 4.69) is 5.10 Å².